The zero-order chi connectivity index (χ0) is 23.3. The Morgan fingerprint density at radius 3 is 2.30 bits per heavy atom. The minimum Gasteiger partial charge on any atom is -0.311 e. The standard InChI is InChI=1S/C25H27N5O2S/c1-19-7-5-6-10-22(19)18-30-28-24(25(29-30)21-8-3-2-4-9-21)17-27-16-15-20-11-13-23(14-12-20)33(26,31)32/h2-14,27H,15-18H2,1H3,(H2,26,31,32). The van der Waals surface area contributed by atoms with E-state index in [9.17, 15) is 8.42 Å². The van der Waals surface area contributed by atoms with Gasteiger partial charge in [0, 0.05) is 12.1 Å². The van der Waals surface area contributed by atoms with Gasteiger partial charge in [-0.25, -0.2) is 13.6 Å². The number of primary sulfonamides is 1. The summed E-state index contributed by atoms with van der Waals surface area (Å²) < 4.78 is 22.8. The maximum atomic E-state index is 11.4. The van der Waals surface area contributed by atoms with Crippen LogP contribution in [0.1, 0.15) is 22.4 Å². The number of aromatic nitrogens is 3. The van der Waals surface area contributed by atoms with Crippen molar-refractivity contribution in [3.05, 3.63) is 101 Å². The van der Waals surface area contributed by atoms with Gasteiger partial charge in [-0.05, 0) is 48.7 Å². The lowest BCUT2D eigenvalue weighted by atomic mass is 10.1. The smallest absolute Gasteiger partial charge is 0.238 e. The van der Waals surface area contributed by atoms with E-state index in [1.54, 1.807) is 16.9 Å². The van der Waals surface area contributed by atoms with Crippen molar-refractivity contribution in [1.82, 2.24) is 20.3 Å². The monoisotopic (exact) mass is 461 g/mol. The lowest BCUT2D eigenvalue weighted by Crippen LogP contribution is -2.18. The van der Waals surface area contributed by atoms with Crippen LogP contribution in [0.15, 0.2) is 83.8 Å². The van der Waals surface area contributed by atoms with Gasteiger partial charge in [0.2, 0.25) is 10.0 Å². The molecule has 1 heterocycles. The molecular weight excluding hydrogens is 434 g/mol. The van der Waals surface area contributed by atoms with E-state index in [1.165, 1.54) is 23.3 Å². The van der Waals surface area contributed by atoms with E-state index >= 15 is 0 Å². The number of sulfonamides is 1. The summed E-state index contributed by atoms with van der Waals surface area (Å²) in [5.41, 5.74) is 6.22. The Balaban J connectivity index is 1.44. The maximum Gasteiger partial charge on any atom is 0.238 e. The van der Waals surface area contributed by atoms with Gasteiger partial charge < -0.3 is 5.32 Å². The van der Waals surface area contributed by atoms with Crippen molar-refractivity contribution in [3.63, 3.8) is 0 Å². The van der Waals surface area contributed by atoms with Crippen molar-refractivity contribution in [2.24, 2.45) is 5.14 Å². The first-order valence-electron chi connectivity index (χ1n) is 10.8. The number of nitrogens with one attached hydrogen (secondary N) is 1. The molecule has 0 bridgehead atoms. The van der Waals surface area contributed by atoms with Gasteiger partial charge in [-0.15, -0.1) is 0 Å². The van der Waals surface area contributed by atoms with Gasteiger partial charge in [0.05, 0.1) is 11.4 Å². The van der Waals surface area contributed by atoms with Crippen LogP contribution in [0.4, 0.5) is 0 Å². The number of rotatable bonds is 9. The van der Waals surface area contributed by atoms with E-state index < -0.39 is 10.0 Å². The molecule has 0 atom stereocenters. The van der Waals surface area contributed by atoms with Crippen LogP contribution in [0.25, 0.3) is 11.3 Å². The molecule has 0 unspecified atom stereocenters. The minimum atomic E-state index is -3.67. The van der Waals surface area contributed by atoms with E-state index in [0.29, 0.717) is 19.6 Å². The van der Waals surface area contributed by atoms with Crippen LogP contribution in [0, 0.1) is 6.92 Å². The molecular formula is C25H27N5O2S. The molecule has 3 N–H and O–H groups in total. The molecule has 8 heteroatoms. The van der Waals surface area contributed by atoms with E-state index in [1.807, 2.05) is 42.5 Å². The van der Waals surface area contributed by atoms with Crippen molar-refractivity contribution in [1.29, 1.82) is 0 Å². The van der Waals surface area contributed by atoms with Gasteiger partial charge >= 0.3 is 0 Å². The Morgan fingerprint density at radius 2 is 1.61 bits per heavy atom. The molecule has 0 amide bonds. The Labute approximate surface area is 194 Å². The predicted molar refractivity (Wildman–Crippen MR) is 129 cm³/mol. The zero-order valence-electron chi connectivity index (χ0n) is 18.5. The van der Waals surface area contributed by atoms with Crippen LogP contribution in [0.3, 0.4) is 0 Å². The number of hydrogen-bond donors (Lipinski definition) is 2. The van der Waals surface area contributed by atoms with Crippen molar-refractivity contribution >= 4 is 10.0 Å². The molecule has 4 aromatic rings. The number of nitrogens with two attached hydrogens (primary N) is 1. The first-order chi connectivity index (χ1) is 15.9. The largest absolute Gasteiger partial charge is 0.311 e. The zero-order valence-corrected chi connectivity index (χ0v) is 19.3. The second-order valence-electron chi connectivity index (χ2n) is 7.93. The van der Waals surface area contributed by atoms with Gasteiger partial charge in [0.25, 0.3) is 0 Å². The highest BCUT2D eigenvalue weighted by molar-refractivity contribution is 7.89. The van der Waals surface area contributed by atoms with Gasteiger partial charge in [-0.1, -0.05) is 66.7 Å². The molecule has 0 aliphatic rings. The number of hydrogen-bond acceptors (Lipinski definition) is 5. The van der Waals surface area contributed by atoms with Crippen LogP contribution in [0.2, 0.25) is 0 Å². The summed E-state index contributed by atoms with van der Waals surface area (Å²) in [6, 6.07) is 25.0. The minimum absolute atomic E-state index is 0.122. The van der Waals surface area contributed by atoms with Gasteiger partial charge in [0.15, 0.2) is 0 Å². The molecule has 0 saturated heterocycles. The fourth-order valence-electron chi connectivity index (χ4n) is 3.62. The van der Waals surface area contributed by atoms with Crippen LogP contribution in [-0.2, 0) is 29.5 Å². The highest BCUT2D eigenvalue weighted by atomic mass is 32.2. The van der Waals surface area contributed by atoms with E-state index in [-0.39, 0.29) is 4.90 Å². The second kappa shape index (κ2) is 10.1. The van der Waals surface area contributed by atoms with Crippen LogP contribution in [-0.4, -0.2) is 30.0 Å². The topological polar surface area (TPSA) is 103 Å². The van der Waals surface area contributed by atoms with Gasteiger partial charge in [-0.3, -0.25) is 0 Å². The SMILES string of the molecule is Cc1ccccc1Cn1nc(CNCCc2ccc(S(N)(=O)=O)cc2)c(-c2ccccc2)n1. The average Bonchev–Trinajstić information content (AvgIpc) is 3.21. The molecule has 170 valence electrons. The van der Waals surface area contributed by atoms with E-state index in [4.69, 9.17) is 15.3 Å². The average molecular weight is 462 g/mol. The highest BCUT2D eigenvalue weighted by Crippen LogP contribution is 2.21. The van der Waals surface area contributed by atoms with Crippen molar-refractivity contribution in [2.75, 3.05) is 6.54 Å². The second-order valence-corrected chi connectivity index (χ2v) is 9.50. The Kier molecular flexibility index (Phi) is 6.98. The first-order valence-corrected chi connectivity index (χ1v) is 12.3. The molecule has 4 rings (SSSR count). The van der Waals surface area contributed by atoms with E-state index in [2.05, 4.69) is 24.4 Å². The first kappa shape index (κ1) is 22.8. The Morgan fingerprint density at radius 1 is 0.909 bits per heavy atom. The fraction of sp³-hybridized carbons (Fsp3) is 0.200. The third-order valence-electron chi connectivity index (χ3n) is 5.48. The Hall–Kier alpha value is -3.33. The summed E-state index contributed by atoms with van der Waals surface area (Å²) in [5.74, 6) is 0. The summed E-state index contributed by atoms with van der Waals surface area (Å²) >= 11 is 0. The molecule has 1 aromatic heterocycles. The summed E-state index contributed by atoms with van der Waals surface area (Å²) in [6.07, 6.45) is 0.753. The number of nitrogens with zero attached hydrogens (tertiary/aromatic N) is 3. The molecule has 3 aromatic carbocycles. The molecule has 0 aliphatic carbocycles. The lowest BCUT2D eigenvalue weighted by Gasteiger charge is -2.06. The quantitative estimate of drug-likeness (QED) is 0.372. The summed E-state index contributed by atoms with van der Waals surface area (Å²) in [5, 5.41) is 18.1. The van der Waals surface area contributed by atoms with Crippen LogP contribution < -0.4 is 10.5 Å². The maximum absolute atomic E-state index is 11.4. The van der Waals surface area contributed by atoms with E-state index in [0.717, 1.165) is 28.9 Å². The summed E-state index contributed by atoms with van der Waals surface area (Å²) in [7, 11) is -3.67. The number of benzene rings is 3. The molecule has 33 heavy (non-hydrogen) atoms. The summed E-state index contributed by atoms with van der Waals surface area (Å²) in [6.45, 7) is 4.00. The fourth-order valence-corrected chi connectivity index (χ4v) is 4.13. The van der Waals surface area contributed by atoms with Crippen molar-refractivity contribution < 1.29 is 8.42 Å². The van der Waals surface area contributed by atoms with Gasteiger partial charge in [0.1, 0.15) is 11.4 Å². The lowest BCUT2D eigenvalue weighted by molar-refractivity contribution is 0.575. The molecule has 0 fully saturated rings. The molecule has 0 aliphatic heterocycles. The highest BCUT2D eigenvalue weighted by Gasteiger charge is 2.14. The molecule has 7 nitrogen and oxygen atoms in total. The third-order valence-corrected chi connectivity index (χ3v) is 6.41. The normalized spacial score (nSPS) is 11.6. The van der Waals surface area contributed by atoms with Gasteiger partial charge in [-0.2, -0.15) is 15.0 Å². The number of aryl methyl sites for hydroxylation is 1. The molecule has 0 saturated carbocycles. The third kappa shape index (κ3) is 5.92. The Bertz CT molecular complexity index is 1320. The van der Waals surface area contributed by atoms with Crippen LogP contribution in [0.5, 0.6) is 0 Å². The van der Waals surface area contributed by atoms with Crippen LogP contribution >= 0.6 is 0 Å². The molecule has 0 spiro atoms. The molecule has 0 radical (unpaired) electrons. The summed E-state index contributed by atoms with van der Waals surface area (Å²) in [4.78, 5) is 1.88. The van der Waals surface area contributed by atoms with Crippen molar-refractivity contribution in [3.8, 4) is 11.3 Å². The predicted octanol–water partition coefficient (Wildman–Crippen LogP) is 3.28. The van der Waals surface area contributed by atoms with Crippen molar-refractivity contribution in [2.45, 2.75) is 31.3 Å².